The molecule has 7 heteroatoms. The fraction of sp³-hybridized carbons (Fsp3) is 0.174. The Kier molecular flexibility index (Phi) is 6.64. The zero-order valence-electron chi connectivity index (χ0n) is 17.1. The van der Waals surface area contributed by atoms with E-state index in [0.717, 1.165) is 10.8 Å². The number of nitrogens with one attached hydrogen (secondary N) is 2. The van der Waals surface area contributed by atoms with Gasteiger partial charge in [0.1, 0.15) is 11.5 Å². The predicted octanol–water partition coefficient (Wildman–Crippen LogP) is 3.99. The van der Waals surface area contributed by atoms with Crippen LogP contribution in [0.2, 0.25) is 0 Å². The molecule has 2 N–H and O–H groups in total. The van der Waals surface area contributed by atoms with Gasteiger partial charge in [-0.25, -0.2) is 5.43 Å². The Balaban J connectivity index is 1.63. The molecule has 0 heterocycles. The Hall–Kier alpha value is -3.87. The topological polar surface area (TPSA) is 89.0 Å². The van der Waals surface area contributed by atoms with Crippen molar-refractivity contribution in [3.63, 3.8) is 0 Å². The van der Waals surface area contributed by atoms with Crippen LogP contribution in [0.25, 0.3) is 10.8 Å². The summed E-state index contributed by atoms with van der Waals surface area (Å²) in [5.74, 6) is 0.503. The number of carbonyl (C=O) groups excluding carboxylic acids is 2. The van der Waals surface area contributed by atoms with E-state index in [-0.39, 0.29) is 18.2 Å². The SMILES string of the molecule is COc1ccc(NC(=O)C/C(C)=N\NC(=O)c2cccc3ccccc23)c(OC)c1. The van der Waals surface area contributed by atoms with Crippen LogP contribution in [-0.2, 0) is 4.79 Å². The lowest BCUT2D eigenvalue weighted by atomic mass is 10.0. The molecule has 0 aromatic heterocycles. The maximum atomic E-state index is 12.5. The molecule has 2 amide bonds. The average molecular weight is 405 g/mol. The molecule has 0 aliphatic heterocycles. The molecule has 7 nitrogen and oxygen atoms in total. The Morgan fingerprint density at radius 3 is 2.50 bits per heavy atom. The van der Waals surface area contributed by atoms with E-state index in [1.807, 2.05) is 36.4 Å². The maximum absolute atomic E-state index is 12.5. The second kappa shape index (κ2) is 9.56. The highest BCUT2D eigenvalue weighted by Crippen LogP contribution is 2.29. The van der Waals surface area contributed by atoms with Crippen molar-refractivity contribution < 1.29 is 19.1 Å². The summed E-state index contributed by atoms with van der Waals surface area (Å²) in [4.78, 5) is 24.9. The average Bonchev–Trinajstić information content (AvgIpc) is 2.77. The molecular weight excluding hydrogens is 382 g/mol. The first kappa shape index (κ1) is 20.9. The van der Waals surface area contributed by atoms with Gasteiger partial charge in [0.05, 0.1) is 26.3 Å². The highest BCUT2D eigenvalue weighted by atomic mass is 16.5. The first-order valence-corrected chi connectivity index (χ1v) is 9.35. The lowest BCUT2D eigenvalue weighted by molar-refractivity contribution is -0.115. The number of hydrazone groups is 1. The van der Waals surface area contributed by atoms with Gasteiger partial charge in [-0.15, -0.1) is 0 Å². The van der Waals surface area contributed by atoms with E-state index in [0.29, 0.717) is 28.5 Å². The Morgan fingerprint density at radius 1 is 0.967 bits per heavy atom. The highest BCUT2D eigenvalue weighted by Gasteiger charge is 2.12. The van der Waals surface area contributed by atoms with Gasteiger partial charge in [-0.1, -0.05) is 36.4 Å². The molecular formula is C23H23N3O4. The Labute approximate surface area is 174 Å². The number of amides is 2. The van der Waals surface area contributed by atoms with Crippen LogP contribution in [-0.4, -0.2) is 31.7 Å². The summed E-state index contributed by atoms with van der Waals surface area (Å²) in [6.07, 6.45) is 0.0189. The van der Waals surface area contributed by atoms with Crippen LogP contribution in [0.4, 0.5) is 5.69 Å². The third-order valence-corrected chi connectivity index (χ3v) is 4.48. The van der Waals surface area contributed by atoms with Crippen molar-refractivity contribution in [3.8, 4) is 11.5 Å². The number of methoxy groups -OCH3 is 2. The van der Waals surface area contributed by atoms with Crippen LogP contribution in [0.3, 0.4) is 0 Å². The Bertz CT molecular complexity index is 1100. The first-order valence-electron chi connectivity index (χ1n) is 9.35. The maximum Gasteiger partial charge on any atom is 0.271 e. The summed E-state index contributed by atoms with van der Waals surface area (Å²) in [6.45, 7) is 1.67. The van der Waals surface area contributed by atoms with Gasteiger partial charge in [0.15, 0.2) is 0 Å². The van der Waals surface area contributed by atoms with Crippen molar-refractivity contribution >= 4 is 34.0 Å². The van der Waals surface area contributed by atoms with Crippen molar-refractivity contribution in [2.24, 2.45) is 5.10 Å². The fourth-order valence-electron chi connectivity index (χ4n) is 3.00. The van der Waals surface area contributed by atoms with Gasteiger partial charge >= 0.3 is 0 Å². The zero-order chi connectivity index (χ0) is 21.5. The second-order valence-electron chi connectivity index (χ2n) is 6.61. The molecule has 0 fully saturated rings. The van der Waals surface area contributed by atoms with E-state index in [9.17, 15) is 9.59 Å². The van der Waals surface area contributed by atoms with Crippen LogP contribution in [0.5, 0.6) is 11.5 Å². The van der Waals surface area contributed by atoms with E-state index in [4.69, 9.17) is 9.47 Å². The summed E-state index contributed by atoms with van der Waals surface area (Å²) in [5, 5.41) is 8.65. The number of fused-ring (bicyclic) bond motifs is 1. The summed E-state index contributed by atoms with van der Waals surface area (Å²) in [6, 6.07) is 18.2. The van der Waals surface area contributed by atoms with Gasteiger partial charge in [0.25, 0.3) is 5.91 Å². The van der Waals surface area contributed by atoms with Gasteiger partial charge in [-0.2, -0.15) is 5.10 Å². The van der Waals surface area contributed by atoms with E-state index < -0.39 is 0 Å². The molecule has 3 aromatic rings. The van der Waals surface area contributed by atoms with Crippen molar-refractivity contribution in [1.29, 1.82) is 0 Å². The molecule has 0 radical (unpaired) electrons. The molecule has 0 atom stereocenters. The van der Waals surface area contributed by atoms with Crippen LogP contribution < -0.4 is 20.2 Å². The highest BCUT2D eigenvalue weighted by molar-refractivity contribution is 6.09. The van der Waals surface area contributed by atoms with Gasteiger partial charge in [-0.3, -0.25) is 9.59 Å². The third kappa shape index (κ3) is 4.94. The number of hydrogen-bond donors (Lipinski definition) is 2. The van der Waals surface area contributed by atoms with Gasteiger partial charge in [0.2, 0.25) is 5.91 Å². The Morgan fingerprint density at radius 2 is 1.73 bits per heavy atom. The lowest BCUT2D eigenvalue weighted by Crippen LogP contribution is -2.21. The van der Waals surface area contributed by atoms with Gasteiger partial charge < -0.3 is 14.8 Å². The third-order valence-electron chi connectivity index (χ3n) is 4.48. The minimum atomic E-state index is -0.330. The minimum absolute atomic E-state index is 0.0189. The molecule has 3 aromatic carbocycles. The quantitative estimate of drug-likeness (QED) is 0.459. The zero-order valence-corrected chi connectivity index (χ0v) is 17.1. The van der Waals surface area contributed by atoms with E-state index in [1.54, 1.807) is 38.3 Å². The van der Waals surface area contributed by atoms with Crippen molar-refractivity contribution in [3.05, 3.63) is 66.2 Å². The molecule has 0 saturated carbocycles. The molecule has 30 heavy (non-hydrogen) atoms. The molecule has 0 aliphatic carbocycles. The number of nitrogens with zero attached hydrogens (tertiary/aromatic N) is 1. The molecule has 0 unspecified atom stereocenters. The number of ether oxygens (including phenoxy) is 2. The van der Waals surface area contributed by atoms with Gasteiger partial charge in [0, 0.05) is 17.3 Å². The molecule has 0 spiro atoms. The molecule has 154 valence electrons. The minimum Gasteiger partial charge on any atom is -0.497 e. The van der Waals surface area contributed by atoms with Crippen LogP contribution >= 0.6 is 0 Å². The van der Waals surface area contributed by atoms with Crippen LogP contribution in [0, 0.1) is 0 Å². The summed E-state index contributed by atoms with van der Waals surface area (Å²) in [5.41, 5.74) is 4.04. The lowest BCUT2D eigenvalue weighted by Gasteiger charge is -2.11. The summed E-state index contributed by atoms with van der Waals surface area (Å²) < 4.78 is 10.4. The van der Waals surface area contributed by atoms with Crippen molar-refractivity contribution in [1.82, 2.24) is 5.43 Å². The van der Waals surface area contributed by atoms with Crippen molar-refractivity contribution in [2.75, 3.05) is 19.5 Å². The number of rotatable bonds is 7. The van der Waals surface area contributed by atoms with E-state index in [2.05, 4.69) is 15.8 Å². The normalized spacial score (nSPS) is 11.1. The predicted molar refractivity (Wildman–Crippen MR) is 117 cm³/mol. The second-order valence-corrected chi connectivity index (χ2v) is 6.61. The standard InChI is InChI=1S/C23H23N3O4/c1-15(13-22(27)24-20-12-11-17(29-2)14-21(20)30-3)25-26-23(28)19-10-6-8-16-7-4-5-9-18(16)19/h4-12,14H,13H2,1-3H3,(H,24,27)(H,26,28)/b25-15-. The number of benzene rings is 3. The van der Waals surface area contributed by atoms with Crippen LogP contribution in [0.1, 0.15) is 23.7 Å². The first-order chi connectivity index (χ1) is 14.5. The number of hydrogen-bond acceptors (Lipinski definition) is 5. The number of anilines is 1. The summed E-state index contributed by atoms with van der Waals surface area (Å²) in [7, 11) is 3.07. The smallest absolute Gasteiger partial charge is 0.271 e. The molecule has 0 saturated heterocycles. The monoisotopic (exact) mass is 405 g/mol. The largest absolute Gasteiger partial charge is 0.497 e. The van der Waals surface area contributed by atoms with Crippen LogP contribution in [0.15, 0.2) is 65.8 Å². The van der Waals surface area contributed by atoms with Crippen molar-refractivity contribution in [2.45, 2.75) is 13.3 Å². The molecule has 0 aliphatic rings. The van der Waals surface area contributed by atoms with Gasteiger partial charge in [-0.05, 0) is 35.9 Å². The molecule has 3 rings (SSSR count). The van der Waals surface area contributed by atoms with E-state index in [1.165, 1.54) is 7.11 Å². The summed E-state index contributed by atoms with van der Waals surface area (Å²) >= 11 is 0. The number of carbonyl (C=O) groups is 2. The molecule has 0 bridgehead atoms. The van der Waals surface area contributed by atoms with E-state index >= 15 is 0 Å². The fourth-order valence-corrected chi connectivity index (χ4v) is 3.00.